The summed E-state index contributed by atoms with van der Waals surface area (Å²) >= 11 is 0. The summed E-state index contributed by atoms with van der Waals surface area (Å²) in [5, 5.41) is 3.01. The molecule has 30 heavy (non-hydrogen) atoms. The first-order chi connectivity index (χ1) is 14.5. The van der Waals surface area contributed by atoms with E-state index in [1.54, 1.807) is 30.3 Å². The van der Waals surface area contributed by atoms with Crippen molar-refractivity contribution in [2.75, 3.05) is 13.1 Å². The first-order valence-corrected chi connectivity index (χ1v) is 9.51. The van der Waals surface area contributed by atoms with Gasteiger partial charge in [-0.25, -0.2) is 0 Å². The third kappa shape index (κ3) is 5.24. The molecule has 4 nitrogen and oxygen atoms in total. The van der Waals surface area contributed by atoms with E-state index in [9.17, 15) is 13.2 Å². The van der Waals surface area contributed by atoms with Gasteiger partial charge in [0.15, 0.2) is 11.5 Å². The van der Waals surface area contributed by atoms with E-state index in [4.69, 9.17) is 9.47 Å². The van der Waals surface area contributed by atoms with Crippen LogP contribution in [0.3, 0.4) is 0 Å². The fourth-order valence-electron chi connectivity index (χ4n) is 3.02. The van der Waals surface area contributed by atoms with Crippen molar-refractivity contribution in [3.63, 3.8) is 0 Å². The summed E-state index contributed by atoms with van der Waals surface area (Å²) < 4.78 is 54.4. The van der Waals surface area contributed by atoms with Crippen LogP contribution in [0.2, 0.25) is 0 Å². The average Bonchev–Trinajstić information content (AvgIpc) is 2.70. The number of nitrogens with one attached hydrogen (secondary N) is 1. The lowest BCUT2D eigenvalue weighted by Gasteiger charge is -2.28. The molecule has 0 radical (unpaired) electrons. The normalized spacial score (nSPS) is 14.1. The molecule has 1 aliphatic heterocycles. The first-order valence-electron chi connectivity index (χ1n) is 9.51. The summed E-state index contributed by atoms with van der Waals surface area (Å²) in [6.45, 7) is 1.58. The topological polar surface area (TPSA) is 39.7 Å². The zero-order chi connectivity index (χ0) is 21.0. The van der Waals surface area contributed by atoms with Gasteiger partial charge >= 0.3 is 6.36 Å². The Hall–Kier alpha value is -3.19. The zero-order valence-electron chi connectivity index (χ0n) is 16.0. The Bertz CT molecular complexity index is 988. The molecule has 1 N–H and O–H groups in total. The quantitative estimate of drug-likeness (QED) is 0.577. The van der Waals surface area contributed by atoms with Crippen molar-refractivity contribution < 1.29 is 27.4 Å². The van der Waals surface area contributed by atoms with E-state index in [0.717, 1.165) is 5.56 Å². The molecule has 0 bridgehead atoms. The van der Waals surface area contributed by atoms with E-state index in [-0.39, 0.29) is 17.6 Å². The molecule has 4 rings (SSSR count). The summed E-state index contributed by atoms with van der Waals surface area (Å²) in [5.74, 6) is 0.331. The van der Waals surface area contributed by atoms with Gasteiger partial charge in [-0.05, 0) is 41.0 Å². The summed E-state index contributed by atoms with van der Waals surface area (Å²) in [5.41, 5.74) is 2.30. The molecule has 0 amide bonds. The number of rotatable bonds is 7. The Balaban J connectivity index is 1.55. The van der Waals surface area contributed by atoms with E-state index in [1.807, 2.05) is 30.3 Å². The molecule has 3 aromatic rings. The third-order valence-corrected chi connectivity index (χ3v) is 4.62. The molecule has 0 spiro atoms. The second-order valence-electron chi connectivity index (χ2n) is 6.91. The van der Waals surface area contributed by atoms with Gasteiger partial charge in [0.2, 0.25) is 0 Å². The number of hydrogen-bond donors (Lipinski definition) is 1. The van der Waals surface area contributed by atoms with E-state index in [0.29, 0.717) is 36.6 Å². The Kier molecular flexibility index (Phi) is 5.81. The molecular weight excluding hydrogens is 395 g/mol. The molecule has 1 heterocycles. The number of halogens is 3. The smallest absolute Gasteiger partial charge is 0.489 e. The second kappa shape index (κ2) is 8.67. The maximum Gasteiger partial charge on any atom is 0.573 e. The molecule has 0 atom stereocenters. The van der Waals surface area contributed by atoms with Gasteiger partial charge in [0.05, 0.1) is 0 Å². The second-order valence-corrected chi connectivity index (χ2v) is 6.91. The van der Waals surface area contributed by atoms with Crippen LogP contribution in [0.1, 0.15) is 5.56 Å². The molecule has 7 heteroatoms. The first kappa shape index (κ1) is 20.1. The average molecular weight is 415 g/mol. The van der Waals surface area contributed by atoms with Crippen molar-refractivity contribution in [3.8, 4) is 28.4 Å². The molecule has 1 fully saturated rings. The van der Waals surface area contributed by atoms with Gasteiger partial charge in [0.25, 0.3) is 0 Å². The lowest BCUT2D eigenvalue weighted by Crippen LogP contribution is -2.50. The summed E-state index contributed by atoms with van der Waals surface area (Å²) in [7, 11) is 0. The van der Waals surface area contributed by atoms with Gasteiger partial charge in [-0.2, -0.15) is 0 Å². The van der Waals surface area contributed by atoms with Crippen molar-refractivity contribution in [1.29, 1.82) is 0 Å². The summed E-state index contributed by atoms with van der Waals surface area (Å²) in [6.07, 6.45) is -4.98. The number of alkyl halides is 3. The maximum absolute atomic E-state index is 12.9. The summed E-state index contributed by atoms with van der Waals surface area (Å²) in [6, 6.07) is 21.5. The highest BCUT2D eigenvalue weighted by Gasteiger charge is 2.33. The predicted molar refractivity (Wildman–Crippen MR) is 107 cm³/mol. The lowest BCUT2D eigenvalue weighted by atomic mass is 10.0. The largest absolute Gasteiger partial charge is 0.573 e. The van der Waals surface area contributed by atoms with Gasteiger partial charge in [0.1, 0.15) is 18.5 Å². The van der Waals surface area contributed by atoms with Crippen LogP contribution in [0.15, 0.2) is 72.8 Å². The van der Waals surface area contributed by atoms with Gasteiger partial charge in [-0.15, -0.1) is 13.2 Å². The standard InChI is InChI=1S/C23H20F3NO3/c24-23(25,26)30-22-12-18(9-10-21(22)29-20-13-27-14-20)17-7-4-8-19(11-17)28-15-16-5-2-1-3-6-16/h1-12,20,27H,13-15H2. The van der Waals surface area contributed by atoms with Crippen molar-refractivity contribution in [2.24, 2.45) is 0 Å². The van der Waals surface area contributed by atoms with Gasteiger partial charge in [-0.3, -0.25) is 0 Å². The Labute approximate surface area is 172 Å². The molecule has 3 aromatic carbocycles. The Morgan fingerprint density at radius 3 is 2.30 bits per heavy atom. The van der Waals surface area contributed by atoms with Crippen LogP contribution >= 0.6 is 0 Å². The molecule has 0 aromatic heterocycles. The zero-order valence-corrected chi connectivity index (χ0v) is 16.0. The van der Waals surface area contributed by atoms with Crippen LogP contribution in [0.5, 0.6) is 17.2 Å². The minimum absolute atomic E-state index is 0.0686. The number of hydrogen-bond acceptors (Lipinski definition) is 4. The van der Waals surface area contributed by atoms with Crippen LogP contribution in [-0.4, -0.2) is 25.6 Å². The van der Waals surface area contributed by atoms with Gasteiger partial charge in [-0.1, -0.05) is 48.5 Å². The van der Waals surface area contributed by atoms with E-state index in [2.05, 4.69) is 10.1 Å². The highest BCUT2D eigenvalue weighted by Crippen LogP contribution is 2.37. The molecule has 1 saturated heterocycles. The highest BCUT2D eigenvalue weighted by molar-refractivity contribution is 5.68. The van der Waals surface area contributed by atoms with Crippen LogP contribution in [0.25, 0.3) is 11.1 Å². The van der Waals surface area contributed by atoms with Crippen molar-refractivity contribution >= 4 is 0 Å². The molecule has 0 saturated carbocycles. The van der Waals surface area contributed by atoms with E-state index >= 15 is 0 Å². The Morgan fingerprint density at radius 1 is 0.833 bits per heavy atom. The third-order valence-electron chi connectivity index (χ3n) is 4.62. The van der Waals surface area contributed by atoms with Crippen LogP contribution in [-0.2, 0) is 6.61 Å². The molecule has 0 unspecified atom stereocenters. The maximum atomic E-state index is 12.9. The van der Waals surface area contributed by atoms with Gasteiger partial charge < -0.3 is 19.5 Å². The minimum atomic E-state index is -4.81. The fourth-order valence-corrected chi connectivity index (χ4v) is 3.02. The van der Waals surface area contributed by atoms with Crippen molar-refractivity contribution in [1.82, 2.24) is 5.32 Å². The Morgan fingerprint density at radius 2 is 1.60 bits per heavy atom. The SMILES string of the molecule is FC(F)(F)Oc1cc(-c2cccc(OCc3ccccc3)c2)ccc1OC1CNC1. The predicted octanol–water partition coefficient (Wildman–Crippen LogP) is 5.18. The van der Waals surface area contributed by atoms with Crippen LogP contribution in [0.4, 0.5) is 13.2 Å². The number of ether oxygens (including phenoxy) is 3. The number of benzene rings is 3. The molecule has 156 valence electrons. The molecule has 0 aliphatic carbocycles. The van der Waals surface area contributed by atoms with Crippen LogP contribution in [0, 0.1) is 0 Å². The summed E-state index contributed by atoms with van der Waals surface area (Å²) in [4.78, 5) is 0. The van der Waals surface area contributed by atoms with Gasteiger partial charge in [0, 0.05) is 13.1 Å². The molecule has 1 aliphatic rings. The lowest BCUT2D eigenvalue weighted by molar-refractivity contribution is -0.275. The van der Waals surface area contributed by atoms with E-state index < -0.39 is 6.36 Å². The van der Waals surface area contributed by atoms with Crippen molar-refractivity contribution in [3.05, 3.63) is 78.4 Å². The molecular formula is C23H20F3NO3. The monoisotopic (exact) mass is 415 g/mol. The highest BCUT2D eigenvalue weighted by atomic mass is 19.4. The van der Waals surface area contributed by atoms with Crippen LogP contribution < -0.4 is 19.5 Å². The van der Waals surface area contributed by atoms with E-state index in [1.165, 1.54) is 12.1 Å². The minimum Gasteiger partial charge on any atom is -0.489 e. The fraction of sp³-hybridized carbons (Fsp3) is 0.217. The van der Waals surface area contributed by atoms with Crippen molar-refractivity contribution in [2.45, 2.75) is 19.1 Å².